The van der Waals surface area contributed by atoms with E-state index < -0.39 is 12.2 Å². The van der Waals surface area contributed by atoms with Crippen molar-refractivity contribution in [3.8, 4) is 5.75 Å². The number of rotatable bonds is 11. The standard InChI is InChI=1S/C17H15O5.C6H13O4.Rf/c1-20-9-11(18)10-21-12-6-7-14-13-4-2-3-5-15(13)17(19)22-16(14)8-12;1-9-4-6(8)5-10-3-2-7;/h2-8,11,18H,1,9-10H2;6-8H,1-5H2;/q2*-1;. The van der Waals surface area contributed by atoms with Gasteiger partial charge in [-0.2, -0.15) is 0 Å². The van der Waals surface area contributed by atoms with Gasteiger partial charge < -0.3 is 38.7 Å². The first-order valence-electron chi connectivity index (χ1n) is 9.87. The Balaban J connectivity index is 0.000000425. The molecule has 0 amide bonds. The number of ether oxygens (including phenoxy) is 4. The summed E-state index contributed by atoms with van der Waals surface area (Å²) in [6, 6.07) is 12.5. The van der Waals surface area contributed by atoms with Gasteiger partial charge in [0.15, 0.2) is 0 Å². The van der Waals surface area contributed by atoms with Crippen LogP contribution in [0.3, 0.4) is 0 Å². The molecule has 0 aliphatic heterocycles. The molecule has 1 aromatic heterocycles. The second-order valence-corrected chi connectivity index (χ2v) is 6.75. The molecular formula is C23H28O9Rf-2. The van der Waals surface area contributed by atoms with Gasteiger partial charge in [-0.1, -0.05) is 18.2 Å². The monoisotopic (exact) mass is 715 g/mol. The Morgan fingerprint density at radius 3 is 2.15 bits per heavy atom. The summed E-state index contributed by atoms with van der Waals surface area (Å²) in [5.74, 6) is 0.508. The summed E-state index contributed by atoms with van der Waals surface area (Å²) in [5.41, 5.74) is 0.0647. The largest absolute Gasteiger partial charge is 0.553 e. The van der Waals surface area contributed by atoms with E-state index in [-0.39, 0.29) is 45.3 Å². The van der Waals surface area contributed by atoms with Crippen LogP contribution in [0.25, 0.3) is 21.7 Å². The minimum absolute atomic E-state index is 0. The van der Waals surface area contributed by atoms with Crippen molar-refractivity contribution in [2.45, 2.75) is 12.2 Å². The number of aliphatic hydroxyl groups is 3. The van der Waals surface area contributed by atoms with E-state index >= 15 is 0 Å². The van der Waals surface area contributed by atoms with Crippen LogP contribution >= 0.6 is 0 Å². The Bertz CT molecular complexity index is 1010. The Morgan fingerprint density at radius 1 is 0.879 bits per heavy atom. The molecule has 1 heterocycles. The number of aliphatic hydroxyl groups excluding tert-OH is 3. The Kier molecular flexibility index (Phi) is 12.1. The van der Waals surface area contributed by atoms with Crippen molar-refractivity contribution in [1.82, 2.24) is 0 Å². The van der Waals surface area contributed by atoms with Gasteiger partial charge in [-0.05, 0) is 23.6 Å². The number of benzene rings is 2. The molecular weight excluding hydrogens is 687 g/mol. The van der Waals surface area contributed by atoms with Crippen LogP contribution in [-0.2, 0) is 14.2 Å². The van der Waals surface area contributed by atoms with Gasteiger partial charge in [0.05, 0.1) is 31.3 Å². The van der Waals surface area contributed by atoms with Gasteiger partial charge in [0.2, 0.25) is 0 Å². The zero-order chi connectivity index (χ0) is 23.3. The molecule has 0 saturated carbocycles. The summed E-state index contributed by atoms with van der Waals surface area (Å²) < 4.78 is 24.6. The van der Waals surface area contributed by atoms with Crippen molar-refractivity contribution >= 4 is 21.7 Å². The Hall–Kier alpha value is -3.53. The summed E-state index contributed by atoms with van der Waals surface area (Å²) in [4.78, 5) is 12.0. The van der Waals surface area contributed by atoms with E-state index in [1.165, 1.54) is 0 Å². The van der Waals surface area contributed by atoms with Crippen LogP contribution in [-0.4, -0.2) is 67.2 Å². The van der Waals surface area contributed by atoms with Crippen LogP contribution in [0.15, 0.2) is 51.7 Å². The van der Waals surface area contributed by atoms with Crippen LogP contribution in [0.5, 0.6) is 5.75 Å². The fraction of sp³-hybridized carbons (Fsp3) is 0.348. The van der Waals surface area contributed by atoms with Gasteiger partial charge in [0, 0.05) is 24.7 Å². The van der Waals surface area contributed by atoms with Gasteiger partial charge in [-0.25, -0.2) is 19.0 Å². The first-order chi connectivity index (χ1) is 15.5. The van der Waals surface area contributed by atoms with Crippen molar-refractivity contribution in [1.29, 1.82) is 0 Å². The molecule has 0 aliphatic carbocycles. The van der Waals surface area contributed by atoms with E-state index in [0.717, 1.165) is 10.8 Å². The number of fused-ring (bicyclic) bond motifs is 3. The fourth-order valence-electron chi connectivity index (χ4n) is 2.79. The minimum Gasteiger partial charge on any atom is -0.553 e. The maximum Gasteiger partial charge on any atom is 0.344 e. The third kappa shape index (κ3) is 8.49. The summed E-state index contributed by atoms with van der Waals surface area (Å²) in [7, 11) is 6.28. The maximum absolute atomic E-state index is 12.0. The average Bonchev–Trinajstić information content (AvgIpc) is 2.79. The topological polar surface area (TPSA) is 128 Å². The van der Waals surface area contributed by atoms with Crippen LogP contribution in [0, 0.1) is 14.2 Å². The van der Waals surface area contributed by atoms with E-state index in [0.29, 0.717) is 16.7 Å². The number of hydrogen-bond acceptors (Lipinski definition) is 9. The number of hydrogen-bond donors (Lipinski definition) is 3. The van der Waals surface area contributed by atoms with Gasteiger partial charge in [0.25, 0.3) is 0 Å². The van der Waals surface area contributed by atoms with E-state index in [9.17, 15) is 9.90 Å². The molecule has 0 bridgehead atoms. The first kappa shape index (κ1) is 27.5. The van der Waals surface area contributed by atoms with Crippen molar-refractivity contribution < 1.29 is 38.7 Å². The molecule has 3 N–H and O–H groups in total. The fourth-order valence-corrected chi connectivity index (χ4v) is 2.79. The molecule has 0 saturated heterocycles. The van der Waals surface area contributed by atoms with E-state index in [1.54, 1.807) is 24.3 Å². The molecule has 33 heavy (non-hydrogen) atoms. The van der Waals surface area contributed by atoms with Crippen molar-refractivity contribution in [3.63, 3.8) is 0 Å². The molecule has 0 fully saturated rings. The second-order valence-electron chi connectivity index (χ2n) is 6.75. The smallest absolute Gasteiger partial charge is 0.344 e. The summed E-state index contributed by atoms with van der Waals surface area (Å²) in [6.07, 6.45) is -1.42. The predicted octanol–water partition coefficient (Wildman–Crippen LogP) is 1.66. The molecule has 0 radical (unpaired) electrons. The van der Waals surface area contributed by atoms with Gasteiger partial charge in [-0.15, -0.1) is 0 Å². The van der Waals surface area contributed by atoms with Crippen LogP contribution in [0.1, 0.15) is 0 Å². The first-order valence-corrected chi connectivity index (χ1v) is 9.87. The van der Waals surface area contributed by atoms with Crippen LogP contribution in [0.2, 0.25) is 0 Å². The van der Waals surface area contributed by atoms with Crippen LogP contribution < -0.4 is 10.4 Å². The molecule has 3 rings (SSSR count). The molecule has 2 aromatic carbocycles. The average molecular weight is 715 g/mol. The van der Waals surface area contributed by atoms with Crippen molar-refractivity contribution in [3.05, 3.63) is 67.1 Å². The van der Waals surface area contributed by atoms with Crippen molar-refractivity contribution in [2.24, 2.45) is 0 Å². The normalized spacial score (nSPS) is 12.5. The molecule has 3 aromatic rings. The van der Waals surface area contributed by atoms with Crippen molar-refractivity contribution in [2.75, 3.05) is 39.6 Å². The third-order valence-corrected chi connectivity index (χ3v) is 4.20. The third-order valence-electron chi connectivity index (χ3n) is 4.20. The van der Waals surface area contributed by atoms with Crippen LogP contribution in [0.4, 0.5) is 0 Å². The van der Waals surface area contributed by atoms with Gasteiger partial charge >= 0.3 is 5.63 Å². The van der Waals surface area contributed by atoms with E-state index in [4.69, 9.17) is 24.1 Å². The zero-order valence-electron chi connectivity index (χ0n) is 18.4. The molecule has 0 spiro atoms. The molecule has 0 aliphatic rings. The minimum atomic E-state index is -0.767. The summed E-state index contributed by atoms with van der Waals surface area (Å²) in [5, 5.41) is 28.9. The Labute approximate surface area is 185 Å². The Morgan fingerprint density at radius 2 is 1.52 bits per heavy atom. The molecule has 2 unspecified atom stereocenters. The molecule has 9 nitrogen and oxygen atoms in total. The SMILES string of the molecule is [CH2-]OCC(O)COCCO.[CH2-]OCC(O)COc1ccc2c(c1)oc(=O)c1ccccc12.[Rf]. The van der Waals surface area contributed by atoms with E-state index in [1.807, 2.05) is 18.2 Å². The zero-order valence-corrected chi connectivity index (χ0v) is 24.8. The quantitative estimate of drug-likeness (QED) is 0.118. The van der Waals surface area contributed by atoms with Gasteiger partial charge in [-0.3, -0.25) is 0 Å². The second kappa shape index (κ2) is 14.5. The maximum atomic E-state index is 12.0. The summed E-state index contributed by atoms with van der Waals surface area (Å²) >= 11 is 0. The van der Waals surface area contributed by atoms with Gasteiger partial charge in [0.1, 0.15) is 24.0 Å². The van der Waals surface area contributed by atoms with E-state index in [2.05, 4.69) is 23.7 Å². The predicted molar refractivity (Wildman–Crippen MR) is 118 cm³/mol. The molecule has 178 valence electrons. The summed E-state index contributed by atoms with van der Waals surface area (Å²) in [6.45, 7) is 0.708. The molecule has 2 atom stereocenters. The molecule has 10 heteroatoms.